The monoisotopic (exact) mass is 359 g/mol. The van der Waals surface area contributed by atoms with Gasteiger partial charge in [-0.2, -0.15) is 0 Å². The standard InChI is InChI=1S/C24H41NO/c1-7-15(2)17-8-9-18-22-16(3)14-20-24(5,13-11-21(26)25(20)6)19(22)10-12-23(17,18)4/h15-20,22H,7-14H2,1-6H3/t15?,16?,17-,18+,19+,20?,22+,23-,24-/m1/s1. The van der Waals surface area contributed by atoms with Crippen molar-refractivity contribution >= 4 is 5.91 Å². The number of amides is 1. The van der Waals surface area contributed by atoms with Crippen molar-refractivity contribution in [3.05, 3.63) is 0 Å². The van der Waals surface area contributed by atoms with Crippen molar-refractivity contribution in [2.75, 3.05) is 7.05 Å². The van der Waals surface area contributed by atoms with Gasteiger partial charge in [0.2, 0.25) is 5.91 Å². The zero-order chi connectivity index (χ0) is 18.9. The number of carbonyl (C=O) groups excluding carboxylic acids is 1. The first kappa shape index (κ1) is 18.8. The van der Waals surface area contributed by atoms with Gasteiger partial charge in [0.15, 0.2) is 0 Å². The molecule has 1 saturated heterocycles. The Kier molecular flexibility index (Phi) is 4.52. The van der Waals surface area contributed by atoms with Crippen LogP contribution < -0.4 is 0 Å². The van der Waals surface area contributed by atoms with E-state index in [1.165, 1.54) is 38.5 Å². The van der Waals surface area contributed by atoms with Crippen molar-refractivity contribution in [2.24, 2.45) is 46.3 Å². The molecule has 1 heterocycles. The first-order valence-corrected chi connectivity index (χ1v) is 11.5. The predicted molar refractivity (Wildman–Crippen MR) is 108 cm³/mol. The molecule has 0 spiro atoms. The van der Waals surface area contributed by atoms with Gasteiger partial charge in [-0.3, -0.25) is 4.79 Å². The molecule has 0 bridgehead atoms. The molecule has 2 heteroatoms. The Morgan fingerprint density at radius 2 is 1.81 bits per heavy atom. The molecule has 2 nitrogen and oxygen atoms in total. The Bertz CT molecular complexity index is 573. The lowest BCUT2D eigenvalue weighted by molar-refractivity contribution is -0.167. The Morgan fingerprint density at radius 3 is 2.50 bits per heavy atom. The Labute approximate surface area is 161 Å². The Morgan fingerprint density at radius 1 is 1.12 bits per heavy atom. The summed E-state index contributed by atoms with van der Waals surface area (Å²) < 4.78 is 0. The number of hydrogen-bond donors (Lipinski definition) is 0. The first-order valence-electron chi connectivity index (χ1n) is 11.5. The fraction of sp³-hybridized carbons (Fsp3) is 0.958. The molecule has 9 atom stereocenters. The highest BCUT2D eigenvalue weighted by atomic mass is 16.2. The highest BCUT2D eigenvalue weighted by Crippen LogP contribution is 2.68. The second kappa shape index (κ2) is 6.24. The fourth-order valence-electron chi connectivity index (χ4n) is 8.72. The summed E-state index contributed by atoms with van der Waals surface area (Å²) in [5.74, 6) is 5.62. The highest BCUT2D eigenvalue weighted by Gasteiger charge is 2.63. The molecule has 3 saturated carbocycles. The van der Waals surface area contributed by atoms with E-state index < -0.39 is 0 Å². The van der Waals surface area contributed by atoms with Crippen molar-refractivity contribution in [2.45, 2.75) is 92.0 Å². The average molecular weight is 360 g/mol. The summed E-state index contributed by atoms with van der Waals surface area (Å²) in [4.78, 5) is 14.5. The quantitative estimate of drug-likeness (QED) is 0.614. The minimum Gasteiger partial charge on any atom is -0.342 e. The van der Waals surface area contributed by atoms with E-state index in [-0.39, 0.29) is 0 Å². The molecule has 1 amide bonds. The van der Waals surface area contributed by atoms with Crippen molar-refractivity contribution in [3.8, 4) is 0 Å². The third-order valence-corrected chi connectivity index (χ3v) is 10.3. The number of rotatable bonds is 2. The number of hydrogen-bond acceptors (Lipinski definition) is 1. The zero-order valence-electron chi connectivity index (χ0n) is 18.1. The van der Waals surface area contributed by atoms with E-state index in [4.69, 9.17) is 0 Å². The lowest BCUT2D eigenvalue weighted by Crippen LogP contribution is -2.63. The van der Waals surface area contributed by atoms with Gasteiger partial charge in [-0.1, -0.05) is 41.0 Å². The van der Waals surface area contributed by atoms with E-state index in [0.29, 0.717) is 22.8 Å². The maximum atomic E-state index is 12.4. The van der Waals surface area contributed by atoms with E-state index in [1.807, 2.05) is 0 Å². The smallest absolute Gasteiger partial charge is 0.222 e. The lowest BCUT2D eigenvalue weighted by atomic mass is 9.44. The summed E-state index contributed by atoms with van der Waals surface area (Å²) in [6, 6.07) is 0.483. The number of piperidine rings is 1. The molecule has 3 unspecified atom stereocenters. The summed E-state index contributed by atoms with van der Waals surface area (Å²) in [6.45, 7) is 12.6. The molecule has 0 aromatic rings. The van der Waals surface area contributed by atoms with E-state index >= 15 is 0 Å². The van der Waals surface area contributed by atoms with Crippen LogP contribution in [0.25, 0.3) is 0 Å². The second-order valence-electron chi connectivity index (χ2n) is 11.1. The van der Waals surface area contributed by atoms with E-state index in [1.54, 1.807) is 0 Å². The fourth-order valence-corrected chi connectivity index (χ4v) is 8.72. The minimum absolute atomic E-state index is 0.357. The normalized spacial score (nSPS) is 52.2. The summed E-state index contributed by atoms with van der Waals surface area (Å²) in [6.07, 6.45) is 10.2. The topological polar surface area (TPSA) is 20.3 Å². The van der Waals surface area contributed by atoms with Gasteiger partial charge in [0, 0.05) is 19.5 Å². The van der Waals surface area contributed by atoms with Gasteiger partial charge in [0.05, 0.1) is 0 Å². The maximum absolute atomic E-state index is 12.4. The van der Waals surface area contributed by atoms with Gasteiger partial charge in [-0.15, -0.1) is 0 Å². The van der Waals surface area contributed by atoms with Gasteiger partial charge >= 0.3 is 0 Å². The van der Waals surface area contributed by atoms with Crippen LogP contribution in [0.2, 0.25) is 0 Å². The Hall–Kier alpha value is -0.530. The summed E-state index contributed by atoms with van der Waals surface area (Å²) in [5, 5.41) is 0. The van der Waals surface area contributed by atoms with Gasteiger partial charge < -0.3 is 4.90 Å². The maximum Gasteiger partial charge on any atom is 0.222 e. The average Bonchev–Trinajstić information content (AvgIpc) is 2.97. The van der Waals surface area contributed by atoms with Crippen molar-refractivity contribution in [1.82, 2.24) is 4.90 Å². The third kappa shape index (κ3) is 2.39. The van der Waals surface area contributed by atoms with Crippen LogP contribution in [0.1, 0.15) is 86.0 Å². The number of fused-ring (bicyclic) bond motifs is 5. The SMILES string of the molecule is CCC(C)[C@H]1CC[C@H]2[C@@H]3C(C)CC4N(C)C(=O)CC[C@]4(C)[C@H]3CC[C@]12C. The van der Waals surface area contributed by atoms with Gasteiger partial charge in [-0.05, 0) is 84.9 Å². The zero-order valence-corrected chi connectivity index (χ0v) is 18.1. The molecule has 1 aliphatic heterocycles. The number of likely N-dealkylation sites (tertiary alicyclic amines) is 1. The van der Waals surface area contributed by atoms with E-state index in [0.717, 1.165) is 48.3 Å². The third-order valence-electron chi connectivity index (χ3n) is 10.3. The molecule has 0 N–H and O–H groups in total. The minimum atomic E-state index is 0.357. The van der Waals surface area contributed by atoms with Crippen LogP contribution in [-0.4, -0.2) is 23.9 Å². The summed E-state index contributed by atoms with van der Waals surface area (Å²) >= 11 is 0. The Balaban J connectivity index is 1.66. The van der Waals surface area contributed by atoms with E-state index in [2.05, 4.69) is 46.6 Å². The van der Waals surface area contributed by atoms with Gasteiger partial charge in [-0.25, -0.2) is 0 Å². The molecular formula is C24H41NO. The second-order valence-corrected chi connectivity index (χ2v) is 11.1. The molecule has 0 radical (unpaired) electrons. The number of nitrogens with zero attached hydrogens (tertiary/aromatic N) is 1. The highest BCUT2D eigenvalue weighted by molar-refractivity contribution is 5.77. The van der Waals surface area contributed by atoms with Crippen LogP contribution in [-0.2, 0) is 4.79 Å². The van der Waals surface area contributed by atoms with Crippen molar-refractivity contribution < 1.29 is 4.79 Å². The van der Waals surface area contributed by atoms with Crippen molar-refractivity contribution in [1.29, 1.82) is 0 Å². The molecular weight excluding hydrogens is 318 g/mol. The van der Waals surface area contributed by atoms with E-state index in [9.17, 15) is 4.79 Å². The largest absolute Gasteiger partial charge is 0.342 e. The predicted octanol–water partition coefficient (Wildman–Crippen LogP) is 5.76. The van der Waals surface area contributed by atoms with Crippen LogP contribution in [0.15, 0.2) is 0 Å². The molecule has 4 fully saturated rings. The molecule has 0 aromatic heterocycles. The van der Waals surface area contributed by atoms with Crippen LogP contribution in [0.3, 0.4) is 0 Å². The molecule has 4 rings (SSSR count). The molecule has 3 aliphatic carbocycles. The van der Waals surface area contributed by atoms with Crippen molar-refractivity contribution in [3.63, 3.8) is 0 Å². The summed E-state index contributed by atoms with van der Waals surface area (Å²) in [5.41, 5.74) is 0.931. The molecule has 26 heavy (non-hydrogen) atoms. The van der Waals surface area contributed by atoms with Gasteiger partial charge in [0.1, 0.15) is 0 Å². The van der Waals surface area contributed by atoms with Crippen LogP contribution in [0, 0.1) is 46.3 Å². The van der Waals surface area contributed by atoms with Crippen LogP contribution in [0.5, 0.6) is 0 Å². The molecule has 148 valence electrons. The number of carbonyl (C=O) groups is 1. The van der Waals surface area contributed by atoms with Crippen LogP contribution >= 0.6 is 0 Å². The first-order chi connectivity index (χ1) is 12.2. The lowest BCUT2D eigenvalue weighted by Gasteiger charge is -2.64. The summed E-state index contributed by atoms with van der Waals surface area (Å²) in [7, 11) is 2.08. The van der Waals surface area contributed by atoms with Gasteiger partial charge in [0.25, 0.3) is 0 Å². The van der Waals surface area contributed by atoms with Crippen LogP contribution in [0.4, 0.5) is 0 Å². The molecule has 0 aromatic carbocycles. The molecule has 4 aliphatic rings.